The molecule has 3 rings (SSSR count). The molecule has 0 bridgehead atoms. The number of anilines is 1. The van der Waals surface area contributed by atoms with E-state index >= 15 is 0 Å². The largest absolute Gasteiger partial charge is 0.484 e. The molecule has 5 heteroatoms. The molecule has 144 valence electrons. The summed E-state index contributed by atoms with van der Waals surface area (Å²) in [5.41, 5.74) is 3.28. The SMILES string of the molecule is Cc1cc(OCC(=O)NC(=S)Nc2cccc3ccccc23)ccc1C(C)C. The monoisotopic (exact) mass is 392 g/mol. The van der Waals surface area contributed by atoms with E-state index < -0.39 is 0 Å². The van der Waals surface area contributed by atoms with Crippen LogP contribution in [0.3, 0.4) is 0 Å². The van der Waals surface area contributed by atoms with Gasteiger partial charge in [0.25, 0.3) is 5.91 Å². The molecule has 2 N–H and O–H groups in total. The Morgan fingerprint density at radius 2 is 1.82 bits per heavy atom. The maximum absolute atomic E-state index is 12.2. The van der Waals surface area contributed by atoms with Crippen LogP contribution in [0.15, 0.2) is 60.7 Å². The number of nitrogens with one attached hydrogen (secondary N) is 2. The summed E-state index contributed by atoms with van der Waals surface area (Å²) < 4.78 is 5.61. The summed E-state index contributed by atoms with van der Waals surface area (Å²) in [6.45, 7) is 6.25. The number of benzene rings is 3. The van der Waals surface area contributed by atoms with Crippen LogP contribution < -0.4 is 15.4 Å². The van der Waals surface area contributed by atoms with Crippen LogP contribution in [-0.2, 0) is 4.79 Å². The van der Waals surface area contributed by atoms with Crippen LogP contribution in [0, 0.1) is 6.92 Å². The Morgan fingerprint density at radius 3 is 2.57 bits per heavy atom. The highest BCUT2D eigenvalue weighted by atomic mass is 32.1. The number of carbonyl (C=O) groups is 1. The van der Waals surface area contributed by atoms with Crippen molar-refractivity contribution in [2.24, 2.45) is 0 Å². The summed E-state index contributed by atoms with van der Waals surface area (Å²) in [5.74, 6) is 0.822. The van der Waals surface area contributed by atoms with Gasteiger partial charge >= 0.3 is 0 Å². The third-order valence-electron chi connectivity index (χ3n) is 4.52. The zero-order valence-electron chi connectivity index (χ0n) is 16.3. The highest BCUT2D eigenvalue weighted by Gasteiger charge is 2.09. The minimum absolute atomic E-state index is 0.0994. The molecule has 0 aliphatic rings. The van der Waals surface area contributed by atoms with E-state index in [9.17, 15) is 4.79 Å². The van der Waals surface area contributed by atoms with Gasteiger partial charge in [-0.1, -0.05) is 56.3 Å². The molecule has 3 aromatic rings. The molecule has 3 aromatic carbocycles. The Bertz CT molecular complexity index is 1010. The number of hydrogen-bond acceptors (Lipinski definition) is 3. The van der Waals surface area contributed by atoms with Crippen LogP contribution in [0.4, 0.5) is 5.69 Å². The van der Waals surface area contributed by atoms with Crippen molar-refractivity contribution in [2.45, 2.75) is 26.7 Å². The van der Waals surface area contributed by atoms with E-state index in [1.54, 1.807) is 0 Å². The Hall–Kier alpha value is -2.92. The fourth-order valence-corrected chi connectivity index (χ4v) is 3.41. The van der Waals surface area contributed by atoms with Crippen molar-refractivity contribution >= 4 is 39.7 Å². The van der Waals surface area contributed by atoms with Crippen molar-refractivity contribution in [3.8, 4) is 5.75 Å². The second-order valence-corrected chi connectivity index (χ2v) is 7.40. The third-order valence-corrected chi connectivity index (χ3v) is 4.73. The van der Waals surface area contributed by atoms with E-state index in [1.165, 1.54) is 5.56 Å². The smallest absolute Gasteiger partial charge is 0.264 e. The molecule has 0 heterocycles. The van der Waals surface area contributed by atoms with Crippen molar-refractivity contribution in [3.05, 3.63) is 71.8 Å². The van der Waals surface area contributed by atoms with Crippen LogP contribution in [0.2, 0.25) is 0 Å². The number of aryl methyl sites for hydroxylation is 1. The predicted molar refractivity (Wildman–Crippen MR) is 119 cm³/mol. The summed E-state index contributed by atoms with van der Waals surface area (Å²) in [5, 5.41) is 8.14. The molecular weight excluding hydrogens is 368 g/mol. The normalized spacial score (nSPS) is 10.7. The zero-order chi connectivity index (χ0) is 20.1. The molecule has 0 radical (unpaired) electrons. The van der Waals surface area contributed by atoms with E-state index in [-0.39, 0.29) is 17.6 Å². The molecule has 0 saturated carbocycles. The maximum atomic E-state index is 12.2. The number of carbonyl (C=O) groups excluding carboxylic acids is 1. The fraction of sp³-hybridized carbons (Fsp3) is 0.217. The van der Waals surface area contributed by atoms with Gasteiger partial charge in [0.05, 0.1) is 0 Å². The summed E-state index contributed by atoms with van der Waals surface area (Å²) in [4.78, 5) is 12.2. The van der Waals surface area contributed by atoms with Crippen LogP contribution in [0.5, 0.6) is 5.75 Å². The van der Waals surface area contributed by atoms with Crippen LogP contribution in [0.25, 0.3) is 10.8 Å². The van der Waals surface area contributed by atoms with Crippen molar-refractivity contribution < 1.29 is 9.53 Å². The Balaban J connectivity index is 1.56. The van der Waals surface area contributed by atoms with Crippen LogP contribution >= 0.6 is 12.2 Å². The molecule has 1 amide bonds. The van der Waals surface area contributed by atoms with Crippen molar-refractivity contribution in [1.82, 2.24) is 5.32 Å². The molecule has 0 saturated heterocycles. The van der Waals surface area contributed by atoms with E-state index in [4.69, 9.17) is 17.0 Å². The standard InChI is InChI=1S/C23H24N2O2S/c1-15(2)19-12-11-18(13-16(19)3)27-14-22(26)25-23(28)24-21-10-6-8-17-7-4-5-9-20(17)21/h4-13,15H,14H2,1-3H3,(H2,24,25,26,28). The van der Waals surface area contributed by atoms with Gasteiger partial charge in [0, 0.05) is 11.1 Å². The van der Waals surface area contributed by atoms with Gasteiger partial charge in [-0.25, -0.2) is 0 Å². The van der Waals surface area contributed by atoms with Crippen molar-refractivity contribution in [1.29, 1.82) is 0 Å². The minimum atomic E-state index is -0.302. The van der Waals surface area contributed by atoms with Gasteiger partial charge in [-0.3, -0.25) is 10.1 Å². The zero-order valence-corrected chi connectivity index (χ0v) is 17.1. The van der Waals surface area contributed by atoms with E-state index in [2.05, 4.69) is 24.5 Å². The first-order valence-electron chi connectivity index (χ1n) is 9.26. The highest BCUT2D eigenvalue weighted by molar-refractivity contribution is 7.80. The van der Waals surface area contributed by atoms with E-state index in [1.807, 2.05) is 67.6 Å². The number of fused-ring (bicyclic) bond motifs is 1. The van der Waals surface area contributed by atoms with Gasteiger partial charge in [0.2, 0.25) is 0 Å². The average Bonchev–Trinajstić information content (AvgIpc) is 2.66. The van der Waals surface area contributed by atoms with Crippen LogP contribution in [-0.4, -0.2) is 17.6 Å². The Morgan fingerprint density at radius 1 is 1.07 bits per heavy atom. The first-order chi connectivity index (χ1) is 13.4. The lowest BCUT2D eigenvalue weighted by atomic mass is 9.98. The van der Waals surface area contributed by atoms with Crippen LogP contribution in [0.1, 0.15) is 30.9 Å². The molecule has 4 nitrogen and oxygen atoms in total. The topological polar surface area (TPSA) is 50.4 Å². The summed E-state index contributed by atoms with van der Waals surface area (Å²) in [6.07, 6.45) is 0. The molecular formula is C23H24N2O2S. The first kappa shape index (κ1) is 19.8. The second-order valence-electron chi connectivity index (χ2n) is 6.99. The summed E-state index contributed by atoms with van der Waals surface area (Å²) >= 11 is 5.27. The fourth-order valence-electron chi connectivity index (χ4n) is 3.19. The summed E-state index contributed by atoms with van der Waals surface area (Å²) in [6, 6.07) is 19.8. The van der Waals surface area contributed by atoms with E-state index in [0.717, 1.165) is 22.0 Å². The maximum Gasteiger partial charge on any atom is 0.264 e. The Labute approximate surface area is 170 Å². The van der Waals surface area contributed by atoms with Gasteiger partial charge < -0.3 is 10.1 Å². The molecule has 0 spiro atoms. The molecule has 0 aliphatic carbocycles. The molecule has 0 aromatic heterocycles. The lowest BCUT2D eigenvalue weighted by Gasteiger charge is -2.14. The van der Waals surface area contributed by atoms with Gasteiger partial charge in [0.1, 0.15) is 5.75 Å². The number of rotatable bonds is 5. The highest BCUT2D eigenvalue weighted by Crippen LogP contribution is 2.24. The van der Waals surface area contributed by atoms with Gasteiger partial charge in [0.15, 0.2) is 11.7 Å². The molecule has 0 unspecified atom stereocenters. The quantitative estimate of drug-likeness (QED) is 0.589. The molecule has 0 aliphatic heterocycles. The number of thiocarbonyl (C=S) groups is 1. The van der Waals surface area contributed by atoms with E-state index in [0.29, 0.717) is 11.7 Å². The van der Waals surface area contributed by atoms with Gasteiger partial charge in [-0.2, -0.15) is 0 Å². The van der Waals surface area contributed by atoms with Gasteiger partial charge in [-0.15, -0.1) is 0 Å². The summed E-state index contributed by atoms with van der Waals surface area (Å²) in [7, 11) is 0. The molecule has 28 heavy (non-hydrogen) atoms. The third kappa shape index (κ3) is 4.87. The lowest BCUT2D eigenvalue weighted by molar-refractivity contribution is -0.121. The predicted octanol–water partition coefficient (Wildman–Crippen LogP) is 5.16. The average molecular weight is 393 g/mol. The number of hydrogen-bond donors (Lipinski definition) is 2. The van der Waals surface area contributed by atoms with Crippen molar-refractivity contribution in [3.63, 3.8) is 0 Å². The number of amides is 1. The number of ether oxygens (including phenoxy) is 1. The molecule has 0 fully saturated rings. The molecule has 0 atom stereocenters. The lowest BCUT2D eigenvalue weighted by Crippen LogP contribution is -2.37. The Kier molecular flexibility index (Phi) is 6.26. The van der Waals surface area contributed by atoms with Crippen molar-refractivity contribution in [2.75, 3.05) is 11.9 Å². The second kappa shape index (κ2) is 8.85. The minimum Gasteiger partial charge on any atom is -0.484 e. The van der Waals surface area contributed by atoms with Gasteiger partial charge in [-0.05, 0) is 59.8 Å². The first-order valence-corrected chi connectivity index (χ1v) is 9.67.